The minimum absolute atomic E-state index is 0. The van der Waals surface area contributed by atoms with Gasteiger partial charge in [0.15, 0.2) is 0 Å². The number of rotatable bonds is 2. The van der Waals surface area contributed by atoms with Gasteiger partial charge in [0.2, 0.25) is 0 Å². The van der Waals surface area contributed by atoms with Gasteiger partial charge >= 0.3 is 0 Å². The first-order valence-corrected chi connectivity index (χ1v) is 13.2. The zero-order valence-electron chi connectivity index (χ0n) is 20.9. The zero-order chi connectivity index (χ0) is 25.1. The van der Waals surface area contributed by atoms with E-state index in [9.17, 15) is 0 Å². The molecule has 0 amide bonds. The Labute approximate surface area is 224 Å². The number of benzene rings is 8. The predicted molar refractivity (Wildman–Crippen MR) is 169 cm³/mol. The maximum absolute atomic E-state index is 2.37. The molecule has 0 saturated heterocycles. The summed E-state index contributed by atoms with van der Waals surface area (Å²) in [6.07, 6.45) is 0. The molecule has 0 radical (unpaired) electrons. The van der Waals surface area contributed by atoms with Crippen molar-refractivity contribution in [2.45, 2.75) is 0 Å². The Bertz CT molecular complexity index is 2180. The summed E-state index contributed by atoms with van der Waals surface area (Å²) in [6, 6.07) is 53.3. The minimum Gasteiger partial charge on any atom is -0.0616 e. The SMILES string of the molecule is [HH].[HH].c1ccc2c(c1)cc(-c1ccc(-c3cc4ccc5ccccc5c4c4ccccc34)cc1)c1ccccc12. The molecule has 180 valence electrons. The quantitative estimate of drug-likeness (QED) is 0.214. The largest absolute Gasteiger partial charge is 0.0616 e. The first-order valence-electron chi connectivity index (χ1n) is 13.2. The van der Waals surface area contributed by atoms with E-state index in [0.717, 1.165) is 0 Å². The Kier molecular flexibility index (Phi) is 4.62. The van der Waals surface area contributed by atoms with Crippen LogP contribution in [-0.4, -0.2) is 0 Å². The van der Waals surface area contributed by atoms with Crippen LogP contribution < -0.4 is 0 Å². The van der Waals surface area contributed by atoms with Crippen molar-refractivity contribution in [2.75, 3.05) is 0 Å². The molecular formula is C38H28. The molecule has 0 saturated carbocycles. The fourth-order valence-electron chi connectivity index (χ4n) is 6.24. The first-order chi connectivity index (χ1) is 18.8. The monoisotopic (exact) mass is 484 g/mol. The van der Waals surface area contributed by atoms with E-state index in [-0.39, 0.29) is 2.85 Å². The van der Waals surface area contributed by atoms with Crippen LogP contribution in [0.5, 0.6) is 0 Å². The van der Waals surface area contributed by atoms with Crippen molar-refractivity contribution in [1.29, 1.82) is 0 Å². The molecule has 8 rings (SSSR count). The lowest BCUT2D eigenvalue weighted by atomic mass is 9.89. The summed E-state index contributed by atoms with van der Waals surface area (Å²) < 4.78 is 0. The van der Waals surface area contributed by atoms with E-state index < -0.39 is 0 Å². The van der Waals surface area contributed by atoms with Gasteiger partial charge in [-0.25, -0.2) is 0 Å². The van der Waals surface area contributed by atoms with Crippen molar-refractivity contribution in [3.8, 4) is 22.3 Å². The molecule has 0 fully saturated rings. The number of fused-ring (bicyclic) bond motifs is 8. The lowest BCUT2D eigenvalue weighted by molar-refractivity contribution is 1.64. The average Bonchev–Trinajstić information content (AvgIpc) is 3.00. The van der Waals surface area contributed by atoms with Crippen molar-refractivity contribution < 1.29 is 2.85 Å². The van der Waals surface area contributed by atoms with Gasteiger partial charge < -0.3 is 0 Å². The summed E-state index contributed by atoms with van der Waals surface area (Å²) >= 11 is 0. The van der Waals surface area contributed by atoms with E-state index in [1.807, 2.05) is 0 Å². The molecule has 8 aromatic rings. The molecule has 0 aliphatic carbocycles. The average molecular weight is 485 g/mol. The second-order valence-corrected chi connectivity index (χ2v) is 10.1. The smallest absolute Gasteiger partial charge is 0 e. The minimum atomic E-state index is 0. The highest BCUT2D eigenvalue weighted by Crippen LogP contribution is 2.40. The predicted octanol–water partition coefficient (Wildman–Crippen LogP) is 11.3. The molecule has 0 heteroatoms. The lowest BCUT2D eigenvalue weighted by Gasteiger charge is -2.14. The van der Waals surface area contributed by atoms with Gasteiger partial charge in [0.05, 0.1) is 0 Å². The number of hydrogen-bond donors (Lipinski definition) is 0. The molecule has 0 unspecified atom stereocenters. The lowest BCUT2D eigenvalue weighted by Crippen LogP contribution is -1.87. The third-order valence-corrected chi connectivity index (χ3v) is 8.02. The van der Waals surface area contributed by atoms with Crippen LogP contribution in [-0.2, 0) is 0 Å². The highest BCUT2D eigenvalue weighted by atomic mass is 14.2. The van der Waals surface area contributed by atoms with Crippen molar-refractivity contribution >= 4 is 53.9 Å². The van der Waals surface area contributed by atoms with Gasteiger partial charge in [0.1, 0.15) is 0 Å². The van der Waals surface area contributed by atoms with Crippen LogP contribution >= 0.6 is 0 Å². The molecule has 8 aromatic carbocycles. The second-order valence-electron chi connectivity index (χ2n) is 10.1. The van der Waals surface area contributed by atoms with Gasteiger partial charge in [0.25, 0.3) is 0 Å². The Morgan fingerprint density at radius 3 is 1.42 bits per heavy atom. The van der Waals surface area contributed by atoms with E-state index in [1.54, 1.807) is 0 Å². The van der Waals surface area contributed by atoms with Crippen LogP contribution in [0, 0.1) is 0 Å². The maximum atomic E-state index is 2.37. The Morgan fingerprint density at radius 2 is 0.737 bits per heavy atom. The topological polar surface area (TPSA) is 0 Å². The van der Waals surface area contributed by atoms with E-state index in [4.69, 9.17) is 0 Å². The van der Waals surface area contributed by atoms with Crippen LogP contribution in [0.25, 0.3) is 76.1 Å². The Morgan fingerprint density at radius 1 is 0.289 bits per heavy atom. The summed E-state index contributed by atoms with van der Waals surface area (Å²) in [5.41, 5.74) is 5.04. The molecule has 0 aliphatic rings. The first kappa shape index (κ1) is 21.2. The summed E-state index contributed by atoms with van der Waals surface area (Å²) in [6.45, 7) is 0. The van der Waals surface area contributed by atoms with Crippen LogP contribution in [0.4, 0.5) is 0 Å². The molecule has 38 heavy (non-hydrogen) atoms. The summed E-state index contributed by atoms with van der Waals surface area (Å²) in [5.74, 6) is 0. The fourth-order valence-corrected chi connectivity index (χ4v) is 6.24. The van der Waals surface area contributed by atoms with Crippen molar-refractivity contribution in [1.82, 2.24) is 0 Å². The molecule has 0 aliphatic heterocycles. The summed E-state index contributed by atoms with van der Waals surface area (Å²) in [5, 5.41) is 13.0. The van der Waals surface area contributed by atoms with Gasteiger partial charge in [-0.3, -0.25) is 0 Å². The van der Waals surface area contributed by atoms with Gasteiger partial charge in [-0.1, -0.05) is 133 Å². The van der Waals surface area contributed by atoms with Crippen molar-refractivity contribution in [2.24, 2.45) is 0 Å². The highest BCUT2D eigenvalue weighted by molar-refractivity contribution is 6.23. The third kappa shape index (κ3) is 3.17. The molecule has 0 spiro atoms. The van der Waals surface area contributed by atoms with E-state index >= 15 is 0 Å². The Balaban J connectivity index is 0.00000145. The third-order valence-electron chi connectivity index (χ3n) is 8.02. The van der Waals surface area contributed by atoms with Crippen LogP contribution in [0.2, 0.25) is 0 Å². The van der Waals surface area contributed by atoms with Crippen molar-refractivity contribution in [3.05, 3.63) is 146 Å². The van der Waals surface area contributed by atoms with Crippen molar-refractivity contribution in [3.63, 3.8) is 0 Å². The maximum Gasteiger partial charge on any atom is 0 e. The normalized spacial score (nSPS) is 11.7. The van der Waals surface area contributed by atoms with Crippen LogP contribution in [0.1, 0.15) is 2.85 Å². The second kappa shape index (κ2) is 8.30. The van der Waals surface area contributed by atoms with E-state index in [0.29, 0.717) is 0 Å². The molecule has 0 heterocycles. The van der Waals surface area contributed by atoms with Gasteiger partial charge in [-0.05, 0) is 88.2 Å². The molecule has 0 aromatic heterocycles. The molecule has 0 nitrogen and oxygen atoms in total. The van der Waals surface area contributed by atoms with E-state index in [1.165, 1.54) is 76.1 Å². The van der Waals surface area contributed by atoms with Crippen LogP contribution in [0.3, 0.4) is 0 Å². The molecule has 0 bridgehead atoms. The standard InChI is InChI=1S/C38H24.2H2/c1-4-12-31-25(9-1)21-22-29-24-37(34-15-7-8-16-35(34)38(29)31)27-19-17-26(18-20-27)36-23-28-10-2-3-11-30(28)32-13-5-6-14-33(32)36;;/h1-24H;2*1H. The molecule has 0 N–H and O–H groups in total. The molecule has 0 atom stereocenters. The summed E-state index contributed by atoms with van der Waals surface area (Å²) in [7, 11) is 0. The Hall–Kier alpha value is -4.94. The zero-order valence-corrected chi connectivity index (χ0v) is 20.9. The van der Waals surface area contributed by atoms with Gasteiger partial charge in [-0.2, -0.15) is 0 Å². The number of hydrogen-bond acceptors (Lipinski definition) is 0. The van der Waals surface area contributed by atoms with Crippen LogP contribution in [0.15, 0.2) is 146 Å². The molecular weight excluding hydrogens is 456 g/mol. The van der Waals surface area contributed by atoms with E-state index in [2.05, 4.69) is 146 Å². The van der Waals surface area contributed by atoms with Gasteiger partial charge in [-0.15, -0.1) is 0 Å². The highest BCUT2D eigenvalue weighted by Gasteiger charge is 2.12. The fraction of sp³-hybridized carbons (Fsp3) is 0. The van der Waals surface area contributed by atoms with Gasteiger partial charge in [0, 0.05) is 2.85 Å². The summed E-state index contributed by atoms with van der Waals surface area (Å²) in [4.78, 5) is 0.